The molecule has 196 valence electrons. The lowest BCUT2D eigenvalue weighted by Crippen LogP contribution is -2.33. The molecular weight excluding hydrogens is 470 g/mol. The molecule has 1 fully saturated rings. The molecule has 3 aromatic rings. The van der Waals surface area contributed by atoms with Gasteiger partial charge in [-0.05, 0) is 31.7 Å². The van der Waals surface area contributed by atoms with E-state index in [0.29, 0.717) is 31.9 Å². The number of nitrogens with one attached hydrogen (secondary N) is 1. The molecule has 1 N–H and O–H groups in total. The summed E-state index contributed by atoms with van der Waals surface area (Å²) in [4.78, 5) is 29.1. The Morgan fingerprint density at radius 1 is 1.14 bits per heavy atom. The van der Waals surface area contributed by atoms with Gasteiger partial charge in [0.2, 0.25) is 5.91 Å². The molecule has 2 aromatic carbocycles. The van der Waals surface area contributed by atoms with Crippen molar-refractivity contribution in [2.75, 3.05) is 39.2 Å². The van der Waals surface area contributed by atoms with Gasteiger partial charge in [-0.25, -0.2) is 0 Å². The van der Waals surface area contributed by atoms with Gasteiger partial charge in [0.25, 0.3) is 5.91 Å². The number of aromatic nitrogens is 2. The Hall–Kier alpha value is -3.69. The molecule has 0 saturated carbocycles. The number of amides is 2. The number of nitrogens with zero attached hydrogens (tertiary/aromatic N) is 4. The summed E-state index contributed by atoms with van der Waals surface area (Å²) < 4.78 is 13.0. The van der Waals surface area contributed by atoms with Gasteiger partial charge in [0.05, 0.1) is 25.0 Å². The van der Waals surface area contributed by atoms with E-state index in [1.165, 1.54) is 15.8 Å². The fraction of sp³-hybridized carbons (Fsp3) is 0.393. The van der Waals surface area contributed by atoms with Gasteiger partial charge in [-0.15, -0.1) is 0 Å². The second-order valence-electron chi connectivity index (χ2n) is 9.50. The number of carbonyl (C=O) groups excluding carboxylic acids is 2. The lowest BCUT2D eigenvalue weighted by atomic mass is 10.1. The van der Waals surface area contributed by atoms with Crippen LogP contribution >= 0.6 is 0 Å². The van der Waals surface area contributed by atoms with Gasteiger partial charge in [0, 0.05) is 32.3 Å². The van der Waals surface area contributed by atoms with Crippen LogP contribution in [-0.4, -0.2) is 77.4 Å². The van der Waals surface area contributed by atoms with E-state index in [0.717, 1.165) is 12.3 Å². The van der Waals surface area contributed by atoms with Crippen LogP contribution in [0.4, 0.5) is 5.69 Å². The summed E-state index contributed by atoms with van der Waals surface area (Å²) in [6.45, 7) is 4.26. The van der Waals surface area contributed by atoms with Crippen LogP contribution < -0.4 is 10.1 Å². The largest absolute Gasteiger partial charge is 0.492 e. The summed E-state index contributed by atoms with van der Waals surface area (Å²) in [6.07, 6.45) is 3.30. The molecule has 0 spiro atoms. The van der Waals surface area contributed by atoms with Gasteiger partial charge in [0.15, 0.2) is 0 Å². The minimum atomic E-state index is -0.520. The first-order chi connectivity index (χ1) is 17.9. The molecule has 2 heterocycles. The van der Waals surface area contributed by atoms with E-state index in [2.05, 4.69) is 27.4 Å². The van der Waals surface area contributed by atoms with Gasteiger partial charge in [-0.3, -0.25) is 19.2 Å². The molecule has 2 unspecified atom stereocenters. The van der Waals surface area contributed by atoms with E-state index < -0.39 is 6.10 Å². The third kappa shape index (κ3) is 7.65. The van der Waals surface area contributed by atoms with Crippen molar-refractivity contribution in [3.63, 3.8) is 0 Å². The van der Waals surface area contributed by atoms with Crippen molar-refractivity contribution in [1.82, 2.24) is 19.6 Å². The highest BCUT2D eigenvalue weighted by Crippen LogP contribution is 2.21. The van der Waals surface area contributed by atoms with Gasteiger partial charge in [0.1, 0.15) is 25.0 Å². The van der Waals surface area contributed by atoms with Crippen LogP contribution in [0.3, 0.4) is 0 Å². The van der Waals surface area contributed by atoms with E-state index in [1.54, 1.807) is 24.3 Å². The number of aryl methyl sites for hydroxylation is 1. The van der Waals surface area contributed by atoms with Crippen molar-refractivity contribution in [2.45, 2.75) is 38.6 Å². The zero-order valence-corrected chi connectivity index (χ0v) is 21.7. The first kappa shape index (κ1) is 26.4. The maximum Gasteiger partial charge on any atom is 0.253 e. The van der Waals surface area contributed by atoms with Crippen LogP contribution in [0.25, 0.3) is 0 Å². The molecule has 9 heteroatoms. The molecule has 2 atom stereocenters. The predicted molar refractivity (Wildman–Crippen MR) is 141 cm³/mol. The number of carbonyl (C=O) groups is 2. The average molecular weight is 506 g/mol. The number of rotatable bonds is 11. The maximum atomic E-state index is 12.8. The number of benzene rings is 2. The average Bonchev–Trinajstić information content (AvgIpc) is 3.56. The number of hydrogen-bond acceptors (Lipinski definition) is 6. The van der Waals surface area contributed by atoms with Crippen molar-refractivity contribution in [1.29, 1.82) is 0 Å². The smallest absolute Gasteiger partial charge is 0.253 e. The fourth-order valence-corrected chi connectivity index (χ4v) is 4.16. The van der Waals surface area contributed by atoms with E-state index >= 15 is 0 Å². The Balaban J connectivity index is 1.19. The molecule has 0 radical (unpaired) electrons. The summed E-state index contributed by atoms with van der Waals surface area (Å²) in [7, 11) is 3.78. The molecule has 4 rings (SSSR count). The molecule has 2 amide bonds. The Bertz CT molecular complexity index is 1160. The highest BCUT2D eigenvalue weighted by Gasteiger charge is 2.33. The molecule has 1 aliphatic heterocycles. The lowest BCUT2D eigenvalue weighted by molar-refractivity contribution is -0.131. The summed E-state index contributed by atoms with van der Waals surface area (Å²) in [5.41, 5.74) is 2.93. The van der Waals surface area contributed by atoms with E-state index in [1.807, 2.05) is 56.4 Å². The number of ether oxygens (including phenoxy) is 2. The monoisotopic (exact) mass is 505 g/mol. The molecule has 37 heavy (non-hydrogen) atoms. The third-order valence-electron chi connectivity index (χ3n) is 6.51. The molecular formula is C28H35N5O4. The second kappa shape index (κ2) is 12.5. The van der Waals surface area contributed by atoms with E-state index in [-0.39, 0.29) is 24.4 Å². The first-order valence-corrected chi connectivity index (χ1v) is 12.5. The molecule has 0 aliphatic carbocycles. The van der Waals surface area contributed by atoms with Crippen molar-refractivity contribution in [3.05, 3.63) is 78.1 Å². The topological polar surface area (TPSA) is 88.9 Å². The fourth-order valence-electron chi connectivity index (χ4n) is 4.16. The van der Waals surface area contributed by atoms with Crippen LogP contribution in [0.15, 0.2) is 67.0 Å². The highest BCUT2D eigenvalue weighted by atomic mass is 16.5. The number of hydrogen-bond donors (Lipinski definition) is 1. The molecule has 0 bridgehead atoms. The Kier molecular flexibility index (Phi) is 8.92. The van der Waals surface area contributed by atoms with Crippen molar-refractivity contribution >= 4 is 17.5 Å². The molecule has 1 saturated heterocycles. The quantitative estimate of drug-likeness (QED) is 0.431. The first-order valence-electron chi connectivity index (χ1n) is 12.5. The van der Waals surface area contributed by atoms with Crippen LogP contribution in [0.1, 0.15) is 17.5 Å². The molecule has 9 nitrogen and oxygen atoms in total. The summed E-state index contributed by atoms with van der Waals surface area (Å²) in [6, 6.07) is 18.2. The zero-order valence-electron chi connectivity index (χ0n) is 21.7. The summed E-state index contributed by atoms with van der Waals surface area (Å²) >= 11 is 0. The van der Waals surface area contributed by atoms with Gasteiger partial charge >= 0.3 is 0 Å². The maximum absolute atomic E-state index is 12.8. The molecule has 1 aromatic heterocycles. The summed E-state index contributed by atoms with van der Waals surface area (Å²) in [5.74, 6) is 0.475. The van der Waals surface area contributed by atoms with Crippen molar-refractivity contribution in [2.24, 2.45) is 0 Å². The third-order valence-corrected chi connectivity index (χ3v) is 6.51. The van der Waals surface area contributed by atoms with E-state index in [4.69, 9.17) is 9.47 Å². The number of anilines is 1. The summed E-state index contributed by atoms with van der Waals surface area (Å²) in [5, 5.41) is 7.08. The van der Waals surface area contributed by atoms with Gasteiger partial charge < -0.3 is 19.7 Å². The number of likely N-dealkylation sites (N-methyl/N-ethyl adjacent to an activating group) is 2. The Labute approximate surface area is 218 Å². The van der Waals surface area contributed by atoms with Gasteiger partial charge in [-0.1, -0.05) is 48.0 Å². The highest BCUT2D eigenvalue weighted by molar-refractivity contribution is 5.94. The van der Waals surface area contributed by atoms with E-state index in [9.17, 15) is 9.59 Å². The van der Waals surface area contributed by atoms with Crippen LogP contribution in [0.5, 0.6) is 5.75 Å². The van der Waals surface area contributed by atoms with Crippen molar-refractivity contribution < 1.29 is 19.1 Å². The predicted octanol–water partition coefficient (Wildman–Crippen LogP) is 2.96. The van der Waals surface area contributed by atoms with Crippen molar-refractivity contribution in [3.8, 4) is 5.75 Å². The Morgan fingerprint density at radius 3 is 2.65 bits per heavy atom. The minimum absolute atomic E-state index is 0.0726. The van der Waals surface area contributed by atoms with Gasteiger partial charge in [-0.2, -0.15) is 5.10 Å². The second-order valence-corrected chi connectivity index (χ2v) is 9.50. The normalized spacial score (nSPS) is 17.1. The molecule has 1 aliphatic rings. The van der Waals surface area contributed by atoms with Crippen LogP contribution in [-0.2, 0) is 27.4 Å². The zero-order chi connectivity index (χ0) is 26.2. The standard InChI is InChI=1S/C28H35N5O4/c1-21-9-11-25(12-10-21)36-14-13-31(2)27(34)19-33-18-23(16-29-33)30-28(35)26-15-24(20-37-26)32(3)17-22-7-5-4-6-8-22/h4-12,16,18,24,26H,13-15,17,19-20H2,1-3H3,(H,30,35). The lowest BCUT2D eigenvalue weighted by Gasteiger charge is -2.22. The SMILES string of the molecule is Cc1ccc(OCCN(C)C(=O)Cn2cc(NC(=O)C3CC(N(C)Cc4ccccc4)CO3)cn2)cc1. The van der Waals surface area contributed by atoms with Crippen LogP contribution in [0.2, 0.25) is 0 Å². The van der Waals surface area contributed by atoms with Crippen LogP contribution in [0, 0.1) is 6.92 Å². The minimum Gasteiger partial charge on any atom is -0.492 e. The Morgan fingerprint density at radius 2 is 1.89 bits per heavy atom.